The molecule has 2 fully saturated rings. The zero-order valence-corrected chi connectivity index (χ0v) is 20.2. The number of carbonyl (C=O) groups is 1. The molecule has 1 heterocycles. The number of nitrogens with one attached hydrogen (secondary N) is 2. The second-order valence-electron chi connectivity index (χ2n) is 10.3. The van der Waals surface area contributed by atoms with Crippen molar-refractivity contribution in [2.75, 3.05) is 23.3 Å². The number of rotatable bonds is 5. The third-order valence-corrected chi connectivity index (χ3v) is 8.12. The van der Waals surface area contributed by atoms with Crippen molar-refractivity contribution in [3.05, 3.63) is 53.6 Å². The molecule has 0 radical (unpaired) electrons. The Hall–Kier alpha value is -2.38. The van der Waals surface area contributed by atoms with Crippen LogP contribution in [0, 0.1) is 12.3 Å². The standard InChI is InChI=1S/C25H33N3O3S/c1-18-8-9-21(22(16-18)28-14-12-25(10-11-25)13-15-28)23(29)26-19-6-5-7-20(17-19)32(30,31)27-24(2,3)4/h5-9,16-17,27H,10-15H2,1-4H3,(H,26,29). The van der Waals surface area contributed by atoms with Gasteiger partial charge >= 0.3 is 0 Å². The maximum atomic E-state index is 13.2. The first-order valence-corrected chi connectivity index (χ1v) is 12.8. The van der Waals surface area contributed by atoms with Gasteiger partial charge in [0.25, 0.3) is 5.91 Å². The van der Waals surface area contributed by atoms with Gasteiger partial charge in [-0.3, -0.25) is 4.79 Å². The summed E-state index contributed by atoms with van der Waals surface area (Å²) in [7, 11) is -3.69. The van der Waals surface area contributed by atoms with Gasteiger partial charge in [0.1, 0.15) is 0 Å². The molecule has 2 aromatic rings. The Balaban J connectivity index is 1.55. The number of carbonyl (C=O) groups excluding carboxylic acids is 1. The van der Waals surface area contributed by atoms with E-state index >= 15 is 0 Å². The van der Waals surface area contributed by atoms with Crippen LogP contribution in [0.5, 0.6) is 0 Å². The number of aryl methyl sites for hydroxylation is 1. The highest BCUT2D eigenvalue weighted by atomic mass is 32.2. The molecule has 4 rings (SSSR count). The van der Waals surface area contributed by atoms with Crippen LogP contribution >= 0.6 is 0 Å². The van der Waals surface area contributed by atoms with Crippen molar-refractivity contribution in [1.82, 2.24) is 4.72 Å². The zero-order valence-electron chi connectivity index (χ0n) is 19.4. The average molecular weight is 456 g/mol. The second kappa shape index (κ2) is 8.19. The van der Waals surface area contributed by atoms with Crippen LogP contribution in [-0.4, -0.2) is 33.0 Å². The predicted octanol–water partition coefficient (Wildman–Crippen LogP) is 4.70. The Morgan fingerprint density at radius 2 is 1.69 bits per heavy atom. The molecule has 0 bridgehead atoms. The maximum absolute atomic E-state index is 13.2. The van der Waals surface area contributed by atoms with Gasteiger partial charge in [0.15, 0.2) is 0 Å². The topological polar surface area (TPSA) is 78.5 Å². The molecule has 0 unspecified atom stereocenters. The maximum Gasteiger partial charge on any atom is 0.257 e. The number of benzene rings is 2. The molecule has 1 aliphatic carbocycles. The molecule has 2 N–H and O–H groups in total. The van der Waals surface area contributed by atoms with E-state index in [9.17, 15) is 13.2 Å². The van der Waals surface area contributed by atoms with Gasteiger partial charge < -0.3 is 10.2 Å². The van der Waals surface area contributed by atoms with Gasteiger partial charge in [0.2, 0.25) is 10.0 Å². The zero-order chi connectivity index (χ0) is 23.1. The number of piperidine rings is 1. The molecular formula is C25H33N3O3S. The molecule has 0 atom stereocenters. The van der Waals surface area contributed by atoms with Gasteiger partial charge in [0, 0.05) is 30.0 Å². The van der Waals surface area contributed by atoms with Gasteiger partial charge in [-0.2, -0.15) is 0 Å². The van der Waals surface area contributed by atoms with E-state index in [1.807, 2.05) is 19.1 Å². The minimum Gasteiger partial charge on any atom is -0.371 e. The first-order valence-electron chi connectivity index (χ1n) is 11.3. The number of hydrogen-bond donors (Lipinski definition) is 2. The van der Waals surface area contributed by atoms with E-state index in [1.165, 1.54) is 37.8 Å². The lowest BCUT2D eigenvalue weighted by Gasteiger charge is -2.35. The van der Waals surface area contributed by atoms with Gasteiger partial charge in [0.05, 0.1) is 10.5 Å². The second-order valence-corrected chi connectivity index (χ2v) is 12.0. The molecule has 1 saturated carbocycles. The fourth-order valence-corrected chi connectivity index (χ4v) is 5.86. The molecule has 2 aromatic carbocycles. The fraction of sp³-hybridized carbons (Fsp3) is 0.480. The Kier molecular flexibility index (Phi) is 5.84. The number of anilines is 2. The van der Waals surface area contributed by atoms with E-state index in [1.54, 1.807) is 32.9 Å². The lowest BCUT2D eigenvalue weighted by atomic mass is 9.92. The van der Waals surface area contributed by atoms with E-state index < -0.39 is 15.6 Å². The third-order valence-electron chi connectivity index (χ3n) is 6.36. The first-order chi connectivity index (χ1) is 15.0. The average Bonchev–Trinajstić information content (AvgIpc) is 3.45. The predicted molar refractivity (Wildman–Crippen MR) is 129 cm³/mol. The quantitative estimate of drug-likeness (QED) is 0.685. The van der Waals surface area contributed by atoms with Crippen molar-refractivity contribution < 1.29 is 13.2 Å². The van der Waals surface area contributed by atoms with E-state index in [0.29, 0.717) is 16.7 Å². The lowest BCUT2D eigenvalue weighted by Crippen LogP contribution is -2.40. The summed E-state index contributed by atoms with van der Waals surface area (Å²) in [6.07, 6.45) is 5.04. The molecule has 32 heavy (non-hydrogen) atoms. The van der Waals surface area contributed by atoms with Crippen LogP contribution in [0.3, 0.4) is 0 Å². The summed E-state index contributed by atoms with van der Waals surface area (Å²) in [4.78, 5) is 15.7. The molecule has 1 aliphatic heterocycles. The monoisotopic (exact) mass is 455 g/mol. The van der Waals surface area contributed by atoms with Gasteiger partial charge in [-0.15, -0.1) is 0 Å². The molecular weight excluding hydrogens is 422 g/mol. The van der Waals surface area contributed by atoms with Crippen LogP contribution in [0.15, 0.2) is 47.4 Å². The highest BCUT2D eigenvalue weighted by Gasteiger charge is 2.44. The normalized spacial score (nSPS) is 17.9. The van der Waals surface area contributed by atoms with Crippen molar-refractivity contribution in [2.24, 2.45) is 5.41 Å². The smallest absolute Gasteiger partial charge is 0.257 e. The van der Waals surface area contributed by atoms with Gasteiger partial charge in [-0.05, 0) is 94.7 Å². The molecule has 1 amide bonds. The Labute approximate surface area is 191 Å². The summed E-state index contributed by atoms with van der Waals surface area (Å²) in [5.41, 5.74) is 3.11. The summed E-state index contributed by atoms with van der Waals surface area (Å²) in [5.74, 6) is -0.231. The Morgan fingerprint density at radius 1 is 1.00 bits per heavy atom. The number of amides is 1. The van der Waals surface area contributed by atoms with Crippen molar-refractivity contribution in [3.8, 4) is 0 Å². The molecule has 2 aliphatic rings. The highest BCUT2D eigenvalue weighted by molar-refractivity contribution is 7.89. The van der Waals surface area contributed by atoms with Crippen LogP contribution in [0.1, 0.15) is 62.4 Å². The molecule has 1 spiro atoms. The minimum atomic E-state index is -3.69. The summed E-state index contributed by atoms with van der Waals surface area (Å²) in [6, 6.07) is 12.3. The summed E-state index contributed by atoms with van der Waals surface area (Å²) < 4.78 is 28.0. The van der Waals surface area contributed by atoms with Crippen molar-refractivity contribution >= 4 is 27.3 Å². The molecule has 0 aromatic heterocycles. The van der Waals surface area contributed by atoms with Crippen LogP contribution in [0.4, 0.5) is 11.4 Å². The Morgan fingerprint density at radius 3 is 2.31 bits per heavy atom. The van der Waals surface area contributed by atoms with E-state index in [0.717, 1.165) is 24.3 Å². The molecule has 172 valence electrons. The summed E-state index contributed by atoms with van der Waals surface area (Å²) in [6.45, 7) is 9.35. The van der Waals surface area contributed by atoms with Crippen molar-refractivity contribution in [1.29, 1.82) is 0 Å². The minimum absolute atomic E-state index is 0.125. The van der Waals surface area contributed by atoms with Crippen LogP contribution in [0.2, 0.25) is 0 Å². The first kappa shape index (κ1) is 22.8. The summed E-state index contributed by atoms with van der Waals surface area (Å²) in [5, 5.41) is 2.90. The van der Waals surface area contributed by atoms with Crippen molar-refractivity contribution in [3.63, 3.8) is 0 Å². The Bertz CT molecular complexity index is 1120. The lowest BCUT2D eigenvalue weighted by molar-refractivity contribution is 0.102. The van der Waals surface area contributed by atoms with Crippen LogP contribution < -0.4 is 14.9 Å². The highest BCUT2D eigenvalue weighted by Crippen LogP contribution is 2.54. The third kappa shape index (κ3) is 5.15. The number of hydrogen-bond acceptors (Lipinski definition) is 4. The fourth-order valence-electron chi connectivity index (χ4n) is 4.40. The van der Waals surface area contributed by atoms with Crippen molar-refractivity contribution in [2.45, 2.75) is 63.8 Å². The van der Waals surface area contributed by atoms with Crippen LogP contribution in [-0.2, 0) is 10.0 Å². The van der Waals surface area contributed by atoms with E-state index in [-0.39, 0.29) is 10.8 Å². The van der Waals surface area contributed by atoms with Crippen LogP contribution in [0.25, 0.3) is 0 Å². The number of sulfonamides is 1. The molecule has 6 nitrogen and oxygen atoms in total. The van der Waals surface area contributed by atoms with Gasteiger partial charge in [-0.25, -0.2) is 13.1 Å². The number of nitrogens with zero attached hydrogens (tertiary/aromatic N) is 1. The van der Waals surface area contributed by atoms with E-state index in [4.69, 9.17) is 0 Å². The summed E-state index contributed by atoms with van der Waals surface area (Å²) >= 11 is 0. The van der Waals surface area contributed by atoms with E-state index in [2.05, 4.69) is 21.0 Å². The molecule has 7 heteroatoms. The molecule has 1 saturated heterocycles. The SMILES string of the molecule is Cc1ccc(C(=O)Nc2cccc(S(=O)(=O)NC(C)(C)C)c2)c(N2CCC3(CC2)CC3)c1. The largest absolute Gasteiger partial charge is 0.371 e. The van der Waals surface area contributed by atoms with Gasteiger partial charge in [-0.1, -0.05) is 12.1 Å².